The molecule has 0 saturated carbocycles. The minimum atomic E-state index is -0.819. The van der Waals surface area contributed by atoms with Gasteiger partial charge in [0.05, 0.1) is 5.92 Å². The molecule has 0 amide bonds. The Hall–Kier alpha value is -1.85. The van der Waals surface area contributed by atoms with Crippen molar-refractivity contribution in [3.8, 4) is 0 Å². The van der Waals surface area contributed by atoms with Gasteiger partial charge in [0.2, 0.25) is 0 Å². The molecule has 0 radical (unpaired) electrons. The molecule has 100 valence electrons. The maximum absolute atomic E-state index is 10.7. The average Bonchev–Trinajstić information content (AvgIpc) is 2.38. The SMILES string of the molecule is CCN(CC)c1cc(NCC(C)C(=O)O)ncn1. The van der Waals surface area contributed by atoms with Crippen molar-refractivity contribution in [1.82, 2.24) is 9.97 Å². The average molecular weight is 252 g/mol. The number of rotatable bonds is 7. The number of carboxylic acid groups (broad SMARTS) is 1. The molecule has 1 unspecified atom stereocenters. The molecular weight excluding hydrogens is 232 g/mol. The summed E-state index contributed by atoms with van der Waals surface area (Å²) < 4.78 is 0. The van der Waals surface area contributed by atoms with Crippen LogP contribution in [0.5, 0.6) is 0 Å². The Kier molecular flexibility index (Phi) is 5.35. The highest BCUT2D eigenvalue weighted by atomic mass is 16.4. The molecule has 0 spiro atoms. The molecule has 1 heterocycles. The van der Waals surface area contributed by atoms with Crippen LogP contribution >= 0.6 is 0 Å². The summed E-state index contributed by atoms with van der Waals surface area (Å²) in [6.45, 7) is 7.87. The fourth-order valence-electron chi connectivity index (χ4n) is 1.51. The van der Waals surface area contributed by atoms with Crippen molar-refractivity contribution in [2.75, 3.05) is 29.9 Å². The van der Waals surface area contributed by atoms with Crippen molar-refractivity contribution in [2.24, 2.45) is 5.92 Å². The van der Waals surface area contributed by atoms with Crippen LogP contribution in [0.1, 0.15) is 20.8 Å². The number of hydrogen-bond donors (Lipinski definition) is 2. The first-order valence-electron chi connectivity index (χ1n) is 6.12. The fourth-order valence-corrected chi connectivity index (χ4v) is 1.51. The summed E-state index contributed by atoms with van der Waals surface area (Å²) in [5, 5.41) is 11.8. The minimum absolute atomic E-state index is 0.351. The van der Waals surface area contributed by atoms with Crippen molar-refractivity contribution >= 4 is 17.6 Å². The third-order valence-electron chi connectivity index (χ3n) is 2.75. The van der Waals surface area contributed by atoms with Gasteiger partial charge in [-0.25, -0.2) is 9.97 Å². The Morgan fingerprint density at radius 3 is 2.67 bits per heavy atom. The maximum atomic E-state index is 10.7. The molecule has 18 heavy (non-hydrogen) atoms. The molecule has 1 rings (SSSR count). The Bertz CT molecular complexity index is 393. The van der Waals surface area contributed by atoms with Gasteiger partial charge < -0.3 is 15.3 Å². The number of nitrogens with zero attached hydrogens (tertiary/aromatic N) is 3. The first-order valence-corrected chi connectivity index (χ1v) is 6.12. The van der Waals surface area contributed by atoms with Crippen molar-refractivity contribution in [1.29, 1.82) is 0 Å². The van der Waals surface area contributed by atoms with Gasteiger partial charge in [0.1, 0.15) is 18.0 Å². The Morgan fingerprint density at radius 1 is 1.44 bits per heavy atom. The topological polar surface area (TPSA) is 78.4 Å². The largest absolute Gasteiger partial charge is 0.481 e. The summed E-state index contributed by atoms with van der Waals surface area (Å²) in [5.74, 6) is 0.234. The second kappa shape index (κ2) is 6.78. The quantitative estimate of drug-likeness (QED) is 0.765. The minimum Gasteiger partial charge on any atom is -0.481 e. The molecule has 2 N–H and O–H groups in total. The molecule has 0 aliphatic carbocycles. The lowest BCUT2D eigenvalue weighted by molar-refractivity contribution is -0.140. The monoisotopic (exact) mass is 252 g/mol. The zero-order valence-corrected chi connectivity index (χ0v) is 11.1. The van der Waals surface area contributed by atoms with Crippen LogP contribution in [-0.2, 0) is 4.79 Å². The van der Waals surface area contributed by atoms with E-state index in [1.807, 2.05) is 6.07 Å². The highest BCUT2D eigenvalue weighted by Gasteiger charge is 2.11. The van der Waals surface area contributed by atoms with Crippen LogP contribution in [-0.4, -0.2) is 40.7 Å². The van der Waals surface area contributed by atoms with E-state index >= 15 is 0 Å². The molecular formula is C12H20N4O2. The van der Waals surface area contributed by atoms with Gasteiger partial charge in [-0.2, -0.15) is 0 Å². The summed E-state index contributed by atoms with van der Waals surface area (Å²) in [5.41, 5.74) is 0. The summed E-state index contributed by atoms with van der Waals surface area (Å²) in [6.07, 6.45) is 1.49. The summed E-state index contributed by atoms with van der Waals surface area (Å²) in [6, 6.07) is 1.83. The van der Waals surface area contributed by atoms with Crippen LogP contribution in [0.25, 0.3) is 0 Å². The standard InChI is InChI=1S/C12H20N4O2/c1-4-16(5-2)11-6-10(14-8-15-11)13-7-9(3)12(17)18/h6,8-9H,4-5,7H2,1-3H3,(H,17,18)(H,13,14,15). The summed E-state index contributed by atoms with van der Waals surface area (Å²) in [4.78, 5) is 21.1. The van der Waals surface area contributed by atoms with E-state index in [9.17, 15) is 4.79 Å². The van der Waals surface area contributed by atoms with E-state index in [0.29, 0.717) is 12.4 Å². The number of carboxylic acids is 1. The zero-order chi connectivity index (χ0) is 13.5. The Labute approximate surface area is 107 Å². The third-order valence-corrected chi connectivity index (χ3v) is 2.75. The molecule has 0 bridgehead atoms. The van der Waals surface area contributed by atoms with Gasteiger partial charge in [0.25, 0.3) is 0 Å². The number of aliphatic carboxylic acids is 1. The van der Waals surface area contributed by atoms with Gasteiger partial charge in [-0.1, -0.05) is 6.92 Å². The van der Waals surface area contributed by atoms with Crippen LogP contribution in [0.2, 0.25) is 0 Å². The van der Waals surface area contributed by atoms with E-state index in [2.05, 4.69) is 34.0 Å². The van der Waals surface area contributed by atoms with E-state index in [1.165, 1.54) is 6.33 Å². The van der Waals surface area contributed by atoms with Gasteiger partial charge in [-0.3, -0.25) is 4.79 Å². The van der Waals surface area contributed by atoms with Crippen LogP contribution < -0.4 is 10.2 Å². The number of hydrogen-bond acceptors (Lipinski definition) is 5. The van der Waals surface area contributed by atoms with Crippen LogP contribution in [0, 0.1) is 5.92 Å². The molecule has 0 aromatic carbocycles. The number of carbonyl (C=O) groups is 1. The molecule has 6 heteroatoms. The number of aromatic nitrogens is 2. The van der Waals surface area contributed by atoms with E-state index in [0.717, 1.165) is 18.9 Å². The van der Waals surface area contributed by atoms with Gasteiger partial charge in [0, 0.05) is 25.7 Å². The normalized spacial score (nSPS) is 11.9. The lowest BCUT2D eigenvalue weighted by Crippen LogP contribution is -2.24. The van der Waals surface area contributed by atoms with Gasteiger partial charge in [-0.15, -0.1) is 0 Å². The second-order valence-electron chi connectivity index (χ2n) is 4.05. The predicted octanol–water partition coefficient (Wildman–Crippen LogP) is 1.46. The highest BCUT2D eigenvalue weighted by Crippen LogP contribution is 2.13. The lowest BCUT2D eigenvalue weighted by atomic mass is 10.2. The van der Waals surface area contributed by atoms with E-state index < -0.39 is 11.9 Å². The lowest BCUT2D eigenvalue weighted by Gasteiger charge is -2.20. The predicted molar refractivity (Wildman–Crippen MR) is 70.9 cm³/mol. The maximum Gasteiger partial charge on any atom is 0.308 e. The van der Waals surface area contributed by atoms with E-state index in [1.54, 1.807) is 6.92 Å². The van der Waals surface area contributed by atoms with Crippen LogP contribution in [0.15, 0.2) is 12.4 Å². The van der Waals surface area contributed by atoms with Crippen molar-refractivity contribution in [3.05, 3.63) is 12.4 Å². The summed E-state index contributed by atoms with van der Waals surface area (Å²) in [7, 11) is 0. The van der Waals surface area contributed by atoms with E-state index in [4.69, 9.17) is 5.11 Å². The molecule has 0 aliphatic heterocycles. The van der Waals surface area contributed by atoms with Gasteiger partial charge in [-0.05, 0) is 13.8 Å². The zero-order valence-electron chi connectivity index (χ0n) is 11.1. The summed E-state index contributed by atoms with van der Waals surface area (Å²) >= 11 is 0. The molecule has 1 atom stereocenters. The Balaban J connectivity index is 2.67. The molecule has 6 nitrogen and oxygen atoms in total. The first-order chi connectivity index (χ1) is 8.58. The van der Waals surface area contributed by atoms with E-state index in [-0.39, 0.29) is 0 Å². The smallest absolute Gasteiger partial charge is 0.308 e. The van der Waals surface area contributed by atoms with Gasteiger partial charge in [0.15, 0.2) is 0 Å². The molecule has 1 aromatic heterocycles. The number of nitrogens with one attached hydrogen (secondary N) is 1. The fraction of sp³-hybridized carbons (Fsp3) is 0.583. The Morgan fingerprint density at radius 2 is 2.11 bits per heavy atom. The second-order valence-corrected chi connectivity index (χ2v) is 4.05. The van der Waals surface area contributed by atoms with Crippen LogP contribution in [0.3, 0.4) is 0 Å². The van der Waals surface area contributed by atoms with Crippen molar-refractivity contribution in [3.63, 3.8) is 0 Å². The number of anilines is 2. The molecule has 0 saturated heterocycles. The molecule has 1 aromatic rings. The first kappa shape index (κ1) is 14.2. The van der Waals surface area contributed by atoms with Crippen molar-refractivity contribution < 1.29 is 9.90 Å². The molecule has 0 aliphatic rings. The highest BCUT2D eigenvalue weighted by molar-refractivity contribution is 5.70. The third kappa shape index (κ3) is 3.87. The van der Waals surface area contributed by atoms with Crippen molar-refractivity contribution in [2.45, 2.75) is 20.8 Å². The van der Waals surface area contributed by atoms with Gasteiger partial charge >= 0.3 is 5.97 Å². The van der Waals surface area contributed by atoms with Crippen LogP contribution in [0.4, 0.5) is 11.6 Å². The molecule has 0 fully saturated rings.